The Balaban J connectivity index is 0.000000400. The molecule has 0 aliphatic heterocycles. The zero-order valence-electron chi connectivity index (χ0n) is 63.5. The van der Waals surface area contributed by atoms with Gasteiger partial charge in [0, 0.05) is 154 Å². The van der Waals surface area contributed by atoms with E-state index in [9.17, 15) is 28.8 Å². The van der Waals surface area contributed by atoms with Crippen molar-refractivity contribution >= 4 is 69.6 Å². The Morgan fingerprint density at radius 1 is 0.402 bits per heavy atom. The number of nitrogens with zero attached hydrogens (tertiary/aromatic N) is 6. The quantitative estimate of drug-likeness (QED) is 0.0357. The van der Waals surface area contributed by atoms with E-state index in [1.807, 2.05) is 228 Å². The summed E-state index contributed by atoms with van der Waals surface area (Å²) in [7, 11) is 23.5. The Bertz CT molecular complexity index is 3940. The van der Waals surface area contributed by atoms with E-state index in [0.717, 1.165) is 75.1 Å². The number of carbonyl (C=O) groups is 6. The van der Waals surface area contributed by atoms with Crippen LogP contribution in [0.25, 0.3) is 11.3 Å². The summed E-state index contributed by atoms with van der Waals surface area (Å²) in [4.78, 5) is 84.5. The Morgan fingerprint density at radius 2 is 0.853 bits per heavy atom. The molecule has 0 bridgehead atoms. The molecule has 0 fully saturated rings. The van der Waals surface area contributed by atoms with Crippen molar-refractivity contribution < 1.29 is 43.0 Å². The smallest absolute Gasteiger partial charge is 0.338 e. The van der Waals surface area contributed by atoms with Crippen LogP contribution in [0.2, 0.25) is 0 Å². The molecule has 19 heteroatoms. The van der Waals surface area contributed by atoms with Crippen molar-refractivity contribution in [3.8, 4) is 11.3 Å². The molecule has 0 unspecified atom stereocenters. The van der Waals surface area contributed by atoms with Crippen LogP contribution in [0.5, 0.6) is 0 Å². The lowest BCUT2D eigenvalue weighted by atomic mass is 10.1. The number of aryl methyl sites for hydroxylation is 4. The zero-order valence-corrected chi connectivity index (χ0v) is 63.5. The Hall–Kier alpha value is -11.3. The van der Waals surface area contributed by atoms with E-state index in [1.54, 1.807) is 78.7 Å². The van der Waals surface area contributed by atoms with Gasteiger partial charge in [-0.15, -0.1) is 0 Å². The van der Waals surface area contributed by atoms with Crippen molar-refractivity contribution in [1.82, 2.24) is 19.8 Å². The molecule has 1 heterocycles. The lowest BCUT2D eigenvalue weighted by Crippen LogP contribution is -2.24. The number of esters is 3. The van der Waals surface area contributed by atoms with Gasteiger partial charge in [0.1, 0.15) is 5.82 Å². The highest BCUT2D eigenvalue weighted by molar-refractivity contribution is 6.01. The lowest BCUT2D eigenvalue weighted by Gasteiger charge is -2.15. The number of aromatic nitrogens is 2. The van der Waals surface area contributed by atoms with Gasteiger partial charge in [-0.3, -0.25) is 14.4 Å². The number of ketones is 1. The summed E-state index contributed by atoms with van der Waals surface area (Å²) >= 11 is 0. The first kappa shape index (κ1) is 86.7. The fourth-order valence-corrected chi connectivity index (χ4v) is 8.93. The number of Topliss-reactive ketones (excluding diaryl/α,β-unsaturated/α-hetero) is 1. The van der Waals surface area contributed by atoms with Gasteiger partial charge in [-0.25, -0.2) is 24.4 Å². The normalized spacial score (nSPS) is 9.61. The molecule has 0 aliphatic rings. The first-order valence-electron chi connectivity index (χ1n) is 33.8. The molecule has 19 nitrogen and oxygen atoms in total. The summed E-state index contributed by atoms with van der Waals surface area (Å²) in [6.45, 7) is 14.3. The first-order chi connectivity index (χ1) is 48.8. The Kier molecular flexibility index (Phi) is 41.2. The minimum atomic E-state index is -0.267. The lowest BCUT2D eigenvalue weighted by molar-refractivity contribution is 0.0516. The second-order valence-corrected chi connectivity index (χ2v) is 23.2. The van der Waals surface area contributed by atoms with Crippen molar-refractivity contribution in [1.29, 1.82) is 0 Å². The molecule has 0 saturated heterocycles. The van der Waals surface area contributed by atoms with Crippen LogP contribution in [0.15, 0.2) is 206 Å². The number of para-hydroxylation sites is 2. The van der Waals surface area contributed by atoms with Crippen LogP contribution in [0.4, 0.5) is 34.1 Å². The van der Waals surface area contributed by atoms with E-state index in [4.69, 9.17) is 9.47 Å². The summed E-state index contributed by atoms with van der Waals surface area (Å²) in [6.07, 6.45) is 4.22. The first-order valence-corrected chi connectivity index (χ1v) is 33.8. The molecule has 8 aromatic carbocycles. The van der Waals surface area contributed by atoms with Crippen molar-refractivity contribution in [2.45, 2.75) is 67.7 Å². The molecular formula is C83H108N10O9. The van der Waals surface area contributed by atoms with E-state index in [-0.39, 0.29) is 35.5 Å². The van der Waals surface area contributed by atoms with Gasteiger partial charge < -0.3 is 55.1 Å². The maximum absolute atomic E-state index is 11.9. The summed E-state index contributed by atoms with van der Waals surface area (Å²) < 4.78 is 14.4. The number of hydrogen-bond donors (Lipinski definition) is 4. The molecule has 2 amide bonds. The number of rotatable bonds is 18. The van der Waals surface area contributed by atoms with Crippen LogP contribution in [0, 0.1) is 13.8 Å². The molecule has 0 saturated carbocycles. The number of amides is 2. The molecule has 4 N–H and O–H groups in total. The molecule has 544 valence electrons. The van der Waals surface area contributed by atoms with Crippen molar-refractivity contribution in [3.05, 3.63) is 262 Å². The van der Waals surface area contributed by atoms with E-state index in [2.05, 4.69) is 79.0 Å². The molecule has 9 aromatic rings. The maximum Gasteiger partial charge on any atom is 0.338 e. The molecular weight excluding hydrogens is 1280 g/mol. The third-order valence-corrected chi connectivity index (χ3v) is 14.6. The third-order valence-electron chi connectivity index (χ3n) is 14.6. The van der Waals surface area contributed by atoms with Gasteiger partial charge in [0.2, 0.25) is 0 Å². The predicted molar refractivity (Wildman–Crippen MR) is 422 cm³/mol. The summed E-state index contributed by atoms with van der Waals surface area (Å²) in [6, 6.07) is 63.7. The Labute approximate surface area is 606 Å². The number of hydrogen-bond acceptors (Lipinski definition) is 17. The van der Waals surface area contributed by atoms with Crippen molar-refractivity contribution in [2.75, 3.05) is 136 Å². The zero-order chi connectivity index (χ0) is 76.1. The topological polar surface area (TPSA) is 217 Å². The van der Waals surface area contributed by atoms with Crippen LogP contribution < -0.4 is 31.1 Å². The SMILES string of the molecule is CCC(=O)c1cccc(NC)c1.CCOC(=O)c1cccc(CC)c1.CCOC(=O)c1cccc(N(C)C)c1.CCc1cc(C)cc(C(=O)OC)c1.CN(C)c1ccccc1.CNc1cc(C(=O)N(C)C)cc(C(=O)N(C)C)c1.CNc1cccc(-c2ccnc(C)n2)c1.CNc1ccccc1. The fraction of sp³-hybridized carbons (Fsp3) is 0.301. The maximum atomic E-state index is 11.9. The van der Waals surface area contributed by atoms with E-state index in [0.29, 0.717) is 47.5 Å². The van der Waals surface area contributed by atoms with E-state index < -0.39 is 0 Å². The monoisotopic (exact) mass is 1390 g/mol. The highest BCUT2D eigenvalue weighted by Crippen LogP contribution is 2.22. The number of nitrogens with one attached hydrogen (secondary N) is 4. The number of carbonyl (C=O) groups excluding carboxylic acids is 6. The van der Waals surface area contributed by atoms with Gasteiger partial charge in [0.15, 0.2) is 5.78 Å². The van der Waals surface area contributed by atoms with E-state index in [1.165, 1.54) is 28.2 Å². The molecule has 1 aromatic heterocycles. The minimum absolute atomic E-state index is 0.125. The summed E-state index contributed by atoms with van der Waals surface area (Å²) in [5, 5.41) is 12.1. The minimum Gasteiger partial charge on any atom is -0.465 e. The Morgan fingerprint density at radius 3 is 1.31 bits per heavy atom. The highest BCUT2D eigenvalue weighted by Gasteiger charge is 2.16. The number of benzene rings is 8. The predicted octanol–water partition coefficient (Wildman–Crippen LogP) is 16.1. The van der Waals surface area contributed by atoms with Crippen LogP contribution in [-0.2, 0) is 27.1 Å². The number of anilines is 6. The van der Waals surface area contributed by atoms with Gasteiger partial charge in [0.05, 0.1) is 42.7 Å². The van der Waals surface area contributed by atoms with E-state index >= 15 is 0 Å². The molecule has 0 spiro atoms. The standard InChI is InChI=1S/C13H19N3O2.C12H13N3.C11H15NO2.2C11H14O2.C10H13NO.C8H11N.C7H9N/c1-14-11-7-9(12(17)15(2)3)6-10(8-11)13(18)16(4)5;1-9-14-7-6-12(15-9)10-4-3-5-11(8-10)13-2;1-4-14-11(13)9-6-5-7-10(8-9)12(2)3;1-4-9-5-8(2)6-10(7-9)11(12)13-3;1-3-9-6-5-7-10(8-9)11(12)13-4-2;1-3-10(12)8-5-4-6-9(7-8)11-2;1-9(2)8-6-4-3-5-7-8;1-8-7-5-3-2-4-6-7/h6-8,14H,1-5H3;3-8,13H,1-2H3;5-8H,4H2,1-3H3;5-7H,4H2,1-3H3;5-8H,3-4H2,1-2H3;4-7,11H,3H2,1-2H3;3-7H,1-2H3;2-6,8H,1H3. The second kappa shape index (κ2) is 48.4. The third kappa shape index (κ3) is 32.6. The number of methoxy groups -OCH3 is 1. The summed E-state index contributed by atoms with van der Waals surface area (Å²) in [5.41, 5.74) is 15.3. The molecule has 9 rings (SSSR count). The average molecular weight is 1390 g/mol. The van der Waals surface area contributed by atoms with Gasteiger partial charge >= 0.3 is 17.9 Å². The van der Waals surface area contributed by atoms with Crippen molar-refractivity contribution in [3.63, 3.8) is 0 Å². The fourth-order valence-electron chi connectivity index (χ4n) is 8.93. The number of ether oxygens (including phenoxy) is 3. The molecule has 0 aliphatic carbocycles. The highest BCUT2D eigenvalue weighted by atomic mass is 16.5. The second-order valence-electron chi connectivity index (χ2n) is 23.2. The molecule has 102 heavy (non-hydrogen) atoms. The van der Waals surface area contributed by atoms with Gasteiger partial charge in [0.25, 0.3) is 11.8 Å². The van der Waals surface area contributed by atoms with Crippen LogP contribution in [-0.4, -0.2) is 160 Å². The van der Waals surface area contributed by atoms with Crippen LogP contribution in [0.3, 0.4) is 0 Å². The van der Waals surface area contributed by atoms with Crippen molar-refractivity contribution in [2.24, 2.45) is 0 Å². The van der Waals surface area contributed by atoms with Gasteiger partial charge in [-0.05, 0) is 167 Å². The summed E-state index contributed by atoms with van der Waals surface area (Å²) in [5.74, 6) is -0.0401. The molecule has 0 atom stereocenters. The van der Waals surface area contributed by atoms with Gasteiger partial charge in [-0.1, -0.05) is 111 Å². The average Bonchev–Trinajstić information content (AvgIpc) is 0.838. The molecule has 0 radical (unpaired) electrons. The largest absolute Gasteiger partial charge is 0.465 e. The van der Waals surface area contributed by atoms with Crippen LogP contribution in [0.1, 0.15) is 126 Å². The van der Waals surface area contributed by atoms with Gasteiger partial charge in [-0.2, -0.15) is 0 Å². The van der Waals surface area contributed by atoms with Crippen LogP contribution >= 0.6 is 0 Å².